The van der Waals surface area contributed by atoms with Crippen LogP contribution in [0.25, 0.3) is 0 Å². The fraction of sp³-hybridized carbons (Fsp3) is 0.556. The zero-order valence-corrected chi connectivity index (χ0v) is 7.27. The number of imide groups is 1. The Morgan fingerprint density at radius 1 is 1.38 bits per heavy atom. The van der Waals surface area contributed by atoms with Gasteiger partial charge in [-0.1, -0.05) is 0 Å². The maximum Gasteiger partial charge on any atom is 0.253 e. The lowest BCUT2D eigenvalue weighted by Crippen LogP contribution is -2.42. The van der Waals surface area contributed by atoms with Crippen LogP contribution >= 0.6 is 0 Å². The first-order valence-electron chi connectivity index (χ1n) is 4.47. The van der Waals surface area contributed by atoms with E-state index in [-0.39, 0.29) is 17.9 Å². The van der Waals surface area contributed by atoms with Crippen LogP contribution < -0.4 is 5.73 Å². The second kappa shape index (κ2) is 2.96. The van der Waals surface area contributed by atoms with Gasteiger partial charge in [-0.2, -0.15) is 0 Å². The molecule has 0 aromatic rings. The van der Waals surface area contributed by atoms with Gasteiger partial charge in [-0.25, -0.2) is 0 Å². The van der Waals surface area contributed by atoms with E-state index in [0.717, 1.165) is 12.8 Å². The number of carbonyl (C=O) groups excluding carboxylic acids is 2. The van der Waals surface area contributed by atoms with Crippen molar-refractivity contribution >= 4 is 11.8 Å². The minimum absolute atomic E-state index is 0.0344. The average Bonchev–Trinajstić information content (AvgIpc) is 2.88. The maximum atomic E-state index is 11.1. The standard InChI is InChI=1S/C9H12N2O2/c10-7(6-1-2-6)5-11-8(12)3-4-9(11)13/h3-4,6-7H,1-2,5,10H2. The summed E-state index contributed by atoms with van der Waals surface area (Å²) in [6, 6.07) is -0.0344. The van der Waals surface area contributed by atoms with Gasteiger partial charge in [0.1, 0.15) is 0 Å². The third-order valence-electron chi connectivity index (χ3n) is 2.52. The lowest BCUT2D eigenvalue weighted by atomic mass is 10.2. The van der Waals surface area contributed by atoms with Crippen LogP contribution in [0.1, 0.15) is 12.8 Å². The van der Waals surface area contributed by atoms with Crippen LogP contribution in [-0.2, 0) is 9.59 Å². The molecule has 0 aromatic heterocycles. The van der Waals surface area contributed by atoms with E-state index in [1.165, 1.54) is 17.1 Å². The Labute approximate surface area is 76.4 Å². The number of rotatable bonds is 3. The summed E-state index contributed by atoms with van der Waals surface area (Å²) in [4.78, 5) is 23.5. The second-order valence-electron chi connectivity index (χ2n) is 3.62. The Morgan fingerprint density at radius 2 is 1.92 bits per heavy atom. The molecule has 70 valence electrons. The maximum absolute atomic E-state index is 11.1. The van der Waals surface area contributed by atoms with Crippen LogP contribution in [-0.4, -0.2) is 29.3 Å². The van der Waals surface area contributed by atoms with Crippen molar-refractivity contribution in [2.45, 2.75) is 18.9 Å². The SMILES string of the molecule is NC(CN1C(=O)C=CC1=O)C1CC1. The summed E-state index contributed by atoms with van der Waals surface area (Å²) in [5, 5.41) is 0. The molecule has 0 bridgehead atoms. The highest BCUT2D eigenvalue weighted by Gasteiger charge is 2.33. The van der Waals surface area contributed by atoms with Crippen LogP contribution in [0.15, 0.2) is 12.2 Å². The fourth-order valence-electron chi connectivity index (χ4n) is 1.50. The molecule has 13 heavy (non-hydrogen) atoms. The Morgan fingerprint density at radius 3 is 2.38 bits per heavy atom. The molecule has 1 atom stereocenters. The van der Waals surface area contributed by atoms with Crippen molar-refractivity contribution in [1.29, 1.82) is 0 Å². The van der Waals surface area contributed by atoms with E-state index in [9.17, 15) is 9.59 Å². The van der Waals surface area contributed by atoms with Gasteiger partial charge in [0, 0.05) is 24.7 Å². The van der Waals surface area contributed by atoms with Gasteiger partial charge in [-0.05, 0) is 18.8 Å². The van der Waals surface area contributed by atoms with E-state index < -0.39 is 0 Å². The predicted octanol–water partition coefficient (Wildman–Crippen LogP) is -0.351. The van der Waals surface area contributed by atoms with Crippen molar-refractivity contribution in [2.24, 2.45) is 11.7 Å². The van der Waals surface area contributed by atoms with E-state index in [4.69, 9.17) is 5.73 Å². The van der Waals surface area contributed by atoms with Crippen LogP contribution in [0.3, 0.4) is 0 Å². The van der Waals surface area contributed by atoms with Crippen molar-refractivity contribution in [3.8, 4) is 0 Å². The highest BCUT2D eigenvalue weighted by molar-refractivity contribution is 6.12. The number of hydrogen-bond donors (Lipinski definition) is 1. The molecule has 2 N–H and O–H groups in total. The molecule has 1 fully saturated rings. The zero-order chi connectivity index (χ0) is 9.42. The van der Waals surface area contributed by atoms with E-state index >= 15 is 0 Å². The van der Waals surface area contributed by atoms with Gasteiger partial charge in [-0.15, -0.1) is 0 Å². The first-order chi connectivity index (χ1) is 6.18. The Bertz CT molecular complexity index is 263. The molecule has 1 saturated carbocycles. The molecular formula is C9H12N2O2. The molecule has 1 heterocycles. The first-order valence-corrected chi connectivity index (χ1v) is 4.47. The minimum Gasteiger partial charge on any atom is -0.326 e. The number of hydrogen-bond acceptors (Lipinski definition) is 3. The largest absolute Gasteiger partial charge is 0.326 e. The summed E-state index contributed by atoms with van der Waals surface area (Å²) >= 11 is 0. The highest BCUT2D eigenvalue weighted by atomic mass is 16.2. The van der Waals surface area contributed by atoms with E-state index in [1.807, 2.05) is 0 Å². The number of carbonyl (C=O) groups is 2. The molecule has 1 aliphatic heterocycles. The number of nitrogens with two attached hydrogens (primary N) is 1. The second-order valence-corrected chi connectivity index (χ2v) is 3.62. The van der Waals surface area contributed by atoms with Gasteiger partial charge in [0.2, 0.25) is 0 Å². The Kier molecular flexibility index (Phi) is 1.92. The van der Waals surface area contributed by atoms with Crippen molar-refractivity contribution in [2.75, 3.05) is 6.54 Å². The normalized spacial score (nSPS) is 24.2. The summed E-state index contributed by atoms with van der Waals surface area (Å²) in [7, 11) is 0. The van der Waals surface area contributed by atoms with E-state index in [0.29, 0.717) is 12.5 Å². The lowest BCUT2D eigenvalue weighted by Gasteiger charge is -2.18. The third-order valence-corrected chi connectivity index (χ3v) is 2.52. The van der Waals surface area contributed by atoms with Crippen LogP contribution in [0, 0.1) is 5.92 Å². The van der Waals surface area contributed by atoms with Crippen LogP contribution in [0.4, 0.5) is 0 Å². The van der Waals surface area contributed by atoms with Crippen LogP contribution in [0.2, 0.25) is 0 Å². The summed E-state index contributed by atoms with van der Waals surface area (Å²) < 4.78 is 0. The monoisotopic (exact) mass is 180 g/mol. The van der Waals surface area contributed by atoms with Gasteiger partial charge in [0.25, 0.3) is 11.8 Å². The smallest absolute Gasteiger partial charge is 0.253 e. The van der Waals surface area contributed by atoms with Gasteiger partial charge in [0.15, 0.2) is 0 Å². The fourth-order valence-corrected chi connectivity index (χ4v) is 1.50. The molecular weight excluding hydrogens is 168 g/mol. The molecule has 0 radical (unpaired) electrons. The van der Waals surface area contributed by atoms with Gasteiger partial charge >= 0.3 is 0 Å². The lowest BCUT2D eigenvalue weighted by molar-refractivity contribution is -0.137. The third kappa shape index (κ3) is 1.62. The molecule has 0 spiro atoms. The van der Waals surface area contributed by atoms with Crippen molar-refractivity contribution in [3.05, 3.63) is 12.2 Å². The quantitative estimate of drug-likeness (QED) is 0.604. The van der Waals surface area contributed by atoms with Crippen molar-refractivity contribution < 1.29 is 9.59 Å². The summed E-state index contributed by atoms with van der Waals surface area (Å²) in [6.07, 6.45) is 4.85. The molecule has 2 aliphatic rings. The molecule has 4 heteroatoms. The average molecular weight is 180 g/mol. The van der Waals surface area contributed by atoms with Crippen LogP contribution in [0.5, 0.6) is 0 Å². The number of nitrogens with zero attached hydrogens (tertiary/aromatic N) is 1. The molecule has 0 aromatic carbocycles. The zero-order valence-electron chi connectivity index (χ0n) is 7.27. The molecule has 1 unspecified atom stereocenters. The van der Waals surface area contributed by atoms with Gasteiger partial charge in [-0.3, -0.25) is 14.5 Å². The van der Waals surface area contributed by atoms with Crippen molar-refractivity contribution in [3.63, 3.8) is 0 Å². The highest BCUT2D eigenvalue weighted by Crippen LogP contribution is 2.32. The summed E-state index contributed by atoms with van der Waals surface area (Å²) in [6.45, 7) is 0.370. The predicted molar refractivity (Wildman–Crippen MR) is 46.6 cm³/mol. The minimum atomic E-state index is -0.235. The molecule has 1 aliphatic carbocycles. The van der Waals surface area contributed by atoms with Crippen molar-refractivity contribution in [1.82, 2.24) is 4.90 Å². The van der Waals surface area contributed by atoms with E-state index in [1.54, 1.807) is 0 Å². The molecule has 4 nitrogen and oxygen atoms in total. The molecule has 0 saturated heterocycles. The van der Waals surface area contributed by atoms with E-state index in [2.05, 4.69) is 0 Å². The number of amides is 2. The summed E-state index contributed by atoms with van der Waals surface area (Å²) in [5.74, 6) is 0.0448. The Hall–Kier alpha value is -1.16. The molecule has 2 amide bonds. The summed E-state index contributed by atoms with van der Waals surface area (Å²) in [5.41, 5.74) is 5.81. The topological polar surface area (TPSA) is 63.4 Å². The Balaban J connectivity index is 1.93. The first kappa shape index (κ1) is 8.44. The van der Waals surface area contributed by atoms with Gasteiger partial charge < -0.3 is 5.73 Å². The van der Waals surface area contributed by atoms with Gasteiger partial charge in [0.05, 0.1) is 0 Å². The molecule has 2 rings (SSSR count).